The lowest BCUT2D eigenvalue weighted by molar-refractivity contribution is 0.0927. The molecule has 3 rings (SSSR count). The number of carbonyl (C=O) groups excluding carboxylic acids is 1. The Morgan fingerprint density at radius 2 is 2.08 bits per heavy atom. The number of amides is 1. The van der Waals surface area contributed by atoms with Crippen molar-refractivity contribution in [1.82, 2.24) is 15.6 Å². The van der Waals surface area contributed by atoms with Crippen molar-refractivity contribution in [3.63, 3.8) is 0 Å². The normalized spacial score (nSPS) is 18.7. The summed E-state index contributed by atoms with van der Waals surface area (Å²) in [5.74, 6) is 0.828. The van der Waals surface area contributed by atoms with E-state index in [4.69, 9.17) is 0 Å². The molecule has 0 aliphatic carbocycles. The molecule has 2 heterocycles. The van der Waals surface area contributed by atoms with E-state index in [1.54, 1.807) is 23.1 Å². The topological polar surface area (TPSA) is 74.2 Å². The van der Waals surface area contributed by atoms with E-state index >= 15 is 0 Å². The third-order valence-electron chi connectivity index (χ3n) is 4.00. The van der Waals surface area contributed by atoms with E-state index in [0.29, 0.717) is 18.7 Å². The van der Waals surface area contributed by atoms with Gasteiger partial charge in [-0.2, -0.15) is 0 Å². The maximum Gasteiger partial charge on any atom is 0.251 e. The summed E-state index contributed by atoms with van der Waals surface area (Å²) in [6, 6.07) is 7.61. The van der Waals surface area contributed by atoms with E-state index in [-0.39, 0.29) is 42.7 Å². The summed E-state index contributed by atoms with van der Waals surface area (Å²) in [7, 11) is 0. The molecule has 2 unspecified atom stereocenters. The highest BCUT2D eigenvalue weighted by atomic mass is 35.5. The molecule has 2 atom stereocenters. The van der Waals surface area contributed by atoms with E-state index in [9.17, 15) is 9.90 Å². The number of halogens is 2. The number of nitrogens with one attached hydrogen (secondary N) is 2. The molecule has 1 aliphatic rings. The summed E-state index contributed by atoms with van der Waals surface area (Å²) in [5, 5.41) is 18.9. The van der Waals surface area contributed by atoms with Gasteiger partial charge in [0.1, 0.15) is 0 Å². The van der Waals surface area contributed by atoms with Crippen LogP contribution >= 0.6 is 47.9 Å². The van der Waals surface area contributed by atoms with Crippen LogP contribution in [0.25, 0.3) is 0 Å². The Hall–Kier alpha value is -0.830. The monoisotopic (exact) mass is 435 g/mol. The van der Waals surface area contributed by atoms with E-state index < -0.39 is 0 Å². The van der Waals surface area contributed by atoms with Gasteiger partial charge in [0.15, 0.2) is 0 Å². The molecule has 2 aromatic rings. The second-order valence-electron chi connectivity index (χ2n) is 5.87. The SMILES string of the molecule is Cc1nc(CSc2ccc(C(=O)NCC3CNCC3O)cc2)cs1.Cl.Cl. The molecule has 1 aliphatic heterocycles. The molecule has 9 heteroatoms. The Morgan fingerprint density at radius 1 is 1.35 bits per heavy atom. The fraction of sp³-hybridized carbons (Fsp3) is 0.412. The number of aromatic nitrogens is 1. The highest BCUT2D eigenvalue weighted by molar-refractivity contribution is 7.98. The predicted molar refractivity (Wildman–Crippen MR) is 112 cm³/mol. The highest BCUT2D eigenvalue weighted by Crippen LogP contribution is 2.23. The minimum atomic E-state index is -0.376. The van der Waals surface area contributed by atoms with Crippen molar-refractivity contribution in [2.24, 2.45) is 5.92 Å². The summed E-state index contributed by atoms with van der Waals surface area (Å²) in [6.07, 6.45) is -0.376. The van der Waals surface area contributed by atoms with Crippen LogP contribution in [0.3, 0.4) is 0 Å². The molecule has 3 N–H and O–H groups in total. The number of hydrogen-bond donors (Lipinski definition) is 3. The van der Waals surface area contributed by atoms with Crippen molar-refractivity contribution in [1.29, 1.82) is 0 Å². The van der Waals surface area contributed by atoms with Gasteiger partial charge in [-0.25, -0.2) is 4.98 Å². The number of thiazole rings is 1. The molecular weight excluding hydrogens is 413 g/mol. The van der Waals surface area contributed by atoms with E-state index in [2.05, 4.69) is 21.0 Å². The molecule has 26 heavy (non-hydrogen) atoms. The van der Waals surface area contributed by atoms with Crippen LogP contribution in [0.2, 0.25) is 0 Å². The van der Waals surface area contributed by atoms with Crippen LogP contribution in [0.4, 0.5) is 0 Å². The zero-order valence-electron chi connectivity index (χ0n) is 14.3. The highest BCUT2D eigenvalue weighted by Gasteiger charge is 2.25. The maximum atomic E-state index is 12.2. The number of aryl methyl sites for hydroxylation is 1. The third kappa shape index (κ3) is 6.40. The molecule has 1 aromatic carbocycles. The van der Waals surface area contributed by atoms with Crippen LogP contribution < -0.4 is 10.6 Å². The fourth-order valence-electron chi connectivity index (χ4n) is 2.59. The quantitative estimate of drug-likeness (QED) is 0.608. The zero-order chi connectivity index (χ0) is 16.9. The molecule has 0 saturated carbocycles. The van der Waals surface area contributed by atoms with Gasteiger partial charge in [0.2, 0.25) is 0 Å². The number of aliphatic hydroxyl groups is 1. The Bertz CT molecular complexity index is 698. The number of carbonyl (C=O) groups is 1. The standard InChI is InChI=1S/C17H21N3O2S2.2ClH/c1-11-20-14(9-23-11)10-24-15-4-2-12(3-5-15)17(22)19-7-13-6-18-8-16(13)21;;/h2-5,9,13,16,18,21H,6-8,10H2,1H3,(H,19,22);2*1H. The van der Waals surface area contributed by atoms with Crippen LogP contribution in [0.1, 0.15) is 21.1 Å². The summed E-state index contributed by atoms with van der Waals surface area (Å²) < 4.78 is 0. The van der Waals surface area contributed by atoms with Gasteiger partial charge >= 0.3 is 0 Å². The number of nitrogens with zero attached hydrogens (tertiary/aromatic N) is 1. The molecule has 5 nitrogen and oxygen atoms in total. The van der Waals surface area contributed by atoms with Crippen LogP contribution in [0.15, 0.2) is 34.5 Å². The lowest BCUT2D eigenvalue weighted by Gasteiger charge is -2.14. The molecule has 1 saturated heterocycles. The van der Waals surface area contributed by atoms with Crippen molar-refractivity contribution in [2.75, 3.05) is 19.6 Å². The number of rotatable bonds is 6. The Balaban J connectivity index is 0.00000169. The largest absolute Gasteiger partial charge is 0.391 e. The smallest absolute Gasteiger partial charge is 0.251 e. The summed E-state index contributed by atoms with van der Waals surface area (Å²) in [6.45, 7) is 3.84. The van der Waals surface area contributed by atoms with Crippen molar-refractivity contribution in [3.05, 3.63) is 45.9 Å². The van der Waals surface area contributed by atoms with Gasteiger partial charge in [-0.05, 0) is 31.2 Å². The fourth-order valence-corrected chi connectivity index (χ4v) is 4.10. The van der Waals surface area contributed by atoms with Gasteiger partial charge in [-0.3, -0.25) is 4.79 Å². The number of thioether (sulfide) groups is 1. The van der Waals surface area contributed by atoms with E-state index in [0.717, 1.165) is 27.9 Å². The average molecular weight is 436 g/mol. The third-order valence-corrected chi connectivity index (χ3v) is 5.87. The Morgan fingerprint density at radius 3 is 2.65 bits per heavy atom. The minimum Gasteiger partial charge on any atom is -0.391 e. The second kappa shape index (κ2) is 11.1. The maximum absolute atomic E-state index is 12.2. The van der Waals surface area contributed by atoms with Crippen molar-refractivity contribution >= 4 is 53.8 Å². The van der Waals surface area contributed by atoms with Crippen molar-refractivity contribution in [3.8, 4) is 0 Å². The molecular formula is C17H23Cl2N3O2S2. The number of β-amino-alcohol motifs (C(OH)–C–C–N with tert-alkyl or cyclic N) is 1. The zero-order valence-corrected chi connectivity index (χ0v) is 17.6. The molecule has 0 radical (unpaired) electrons. The lowest BCUT2D eigenvalue weighted by atomic mass is 10.1. The second-order valence-corrected chi connectivity index (χ2v) is 7.98. The van der Waals surface area contributed by atoms with Crippen molar-refractivity contribution < 1.29 is 9.90 Å². The number of benzene rings is 1. The first-order valence-corrected chi connectivity index (χ1v) is 9.79. The molecule has 0 spiro atoms. The Labute approximate surface area is 174 Å². The number of aliphatic hydroxyl groups excluding tert-OH is 1. The van der Waals surface area contributed by atoms with E-state index in [1.165, 1.54) is 0 Å². The summed E-state index contributed by atoms with van der Waals surface area (Å²) >= 11 is 3.37. The van der Waals surface area contributed by atoms with Crippen LogP contribution in [-0.4, -0.2) is 41.7 Å². The average Bonchev–Trinajstić information content (AvgIpc) is 3.19. The lowest BCUT2D eigenvalue weighted by Crippen LogP contribution is -2.34. The summed E-state index contributed by atoms with van der Waals surface area (Å²) in [5.41, 5.74) is 1.73. The van der Waals surface area contributed by atoms with Gasteiger partial charge < -0.3 is 15.7 Å². The van der Waals surface area contributed by atoms with Gasteiger partial charge in [-0.15, -0.1) is 47.9 Å². The van der Waals surface area contributed by atoms with Crippen LogP contribution in [0.5, 0.6) is 0 Å². The first kappa shape index (κ1) is 23.2. The van der Waals surface area contributed by atoms with Gasteiger partial charge in [0.25, 0.3) is 5.91 Å². The van der Waals surface area contributed by atoms with Gasteiger partial charge in [0.05, 0.1) is 16.8 Å². The van der Waals surface area contributed by atoms with Gasteiger partial charge in [-0.1, -0.05) is 0 Å². The molecule has 1 fully saturated rings. The van der Waals surface area contributed by atoms with Crippen LogP contribution in [0, 0.1) is 12.8 Å². The molecule has 144 valence electrons. The van der Waals surface area contributed by atoms with Crippen LogP contribution in [-0.2, 0) is 5.75 Å². The van der Waals surface area contributed by atoms with Gasteiger partial charge in [0, 0.05) is 47.1 Å². The first-order chi connectivity index (χ1) is 11.6. The Kier molecular flexibility index (Phi) is 9.92. The molecule has 1 aromatic heterocycles. The molecule has 1 amide bonds. The minimum absolute atomic E-state index is 0. The number of hydrogen-bond acceptors (Lipinski definition) is 6. The van der Waals surface area contributed by atoms with E-state index in [1.807, 2.05) is 31.2 Å². The first-order valence-electron chi connectivity index (χ1n) is 7.92. The van der Waals surface area contributed by atoms with Crippen molar-refractivity contribution in [2.45, 2.75) is 23.7 Å². The summed E-state index contributed by atoms with van der Waals surface area (Å²) in [4.78, 5) is 17.7. The predicted octanol–water partition coefficient (Wildman–Crippen LogP) is 2.90. The molecule has 0 bridgehead atoms.